The summed E-state index contributed by atoms with van der Waals surface area (Å²) in [7, 11) is 0. The maximum Gasteiger partial charge on any atom is 0.256 e. The van der Waals surface area contributed by atoms with Gasteiger partial charge in [0.05, 0.1) is 21.8 Å². The number of halogens is 3. The fourth-order valence-corrected chi connectivity index (χ4v) is 3.97. The molecule has 4 aromatic rings. The summed E-state index contributed by atoms with van der Waals surface area (Å²) in [5, 5.41) is 4.90. The van der Waals surface area contributed by atoms with Gasteiger partial charge < -0.3 is 5.32 Å². The lowest BCUT2D eigenvalue weighted by Gasteiger charge is -2.13. The Morgan fingerprint density at radius 2 is 1.62 bits per heavy atom. The van der Waals surface area contributed by atoms with Crippen molar-refractivity contribution in [1.29, 1.82) is 0 Å². The quantitative estimate of drug-likeness (QED) is 0.359. The maximum atomic E-state index is 13.2. The number of fused-ring (bicyclic) bond motifs is 1. The number of nitrogens with zero attached hydrogens (tertiary/aromatic N) is 1. The van der Waals surface area contributed by atoms with Crippen LogP contribution in [0.3, 0.4) is 0 Å². The second-order valence-corrected chi connectivity index (χ2v) is 7.90. The van der Waals surface area contributed by atoms with Gasteiger partial charge in [0.15, 0.2) is 0 Å². The molecular formula is C23H15Cl3N2O. The number of anilines is 1. The number of aromatic nitrogens is 1. The number of carbonyl (C=O) groups is 1. The zero-order valence-corrected chi connectivity index (χ0v) is 17.6. The fourth-order valence-electron chi connectivity index (χ4n) is 3.22. The first kappa shape index (κ1) is 19.7. The minimum Gasteiger partial charge on any atom is -0.322 e. The van der Waals surface area contributed by atoms with Crippen LogP contribution < -0.4 is 5.32 Å². The first-order valence-corrected chi connectivity index (χ1v) is 9.98. The number of hydrogen-bond acceptors (Lipinski definition) is 2. The van der Waals surface area contributed by atoms with Gasteiger partial charge in [0.2, 0.25) is 0 Å². The highest BCUT2D eigenvalue weighted by atomic mass is 35.5. The van der Waals surface area contributed by atoms with Gasteiger partial charge in [-0.2, -0.15) is 0 Å². The highest BCUT2D eigenvalue weighted by Gasteiger charge is 2.17. The van der Waals surface area contributed by atoms with Crippen molar-refractivity contribution in [3.05, 3.63) is 92.9 Å². The molecule has 0 aliphatic carbocycles. The van der Waals surface area contributed by atoms with Crippen LogP contribution in [0.4, 0.5) is 5.69 Å². The molecule has 1 heterocycles. The van der Waals surface area contributed by atoms with Gasteiger partial charge in [-0.25, -0.2) is 4.98 Å². The van der Waals surface area contributed by atoms with Crippen LogP contribution in [0, 0.1) is 6.92 Å². The van der Waals surface area contributed by atoms with Crippen LogP contribution in [0.1, 0.15) is 15.9 Å². The number of benzene rings is 3. The summed E-state index contributed by atoms with van der Waals surface area (Å²) < 4.78 is 0. The summed E-state index contributed by atoms with van der Waals surface area (Å²) in [4.78, 5) is 17.9. The third-order valence-electron chi connectivity index (χ3n) is 4.58. The number of para-hydroxylation sites is 1. The predicted octanol–water partition coefficient (Wildman–Crippen LogP) is 7.42. The highest BCUT2D eigenvalue weighted by molar-refractivity contribution is 6.36. The van der Waals surface area contributed by atoms with E-state index in [1.54, 1.807) is 36.4 Å². The van der Waals surface area contributed by atoms with E-state index in [0.29, 0.717) is 42.9 Å². The molecule has 3 nitrogen and oxygen atoms in total. The topological polar surface area (TPSA) is 42.0 Å². The van der Waals surface area contributed by atoms with Crippen molar-refractivity contribution in [2.24, 2.45) is 0 Å². The van der Waals surface area contributed by atoms with Crippen molar-refractivity contribution in [1.82, 2.24) is 4.98 Å². The second kappa shape index (κ2) is 8.03. The lowest BCUT2D eigenvalue weighted by atomic mass is 10.0. The third kappa shape index (κ3) is 4.08. The van der Waals surface area contributed by atoms with Crippen molar-refractivity contribution in [2.75, 3.05) is 5.32 Å². The molecule has 4 rings (SSSR count). The fraction of sp³-hybridized carbons (Fsp3) is 0.0435. The first-order valence-electron chi connectivity index (χ1n) is 8.85. The van der Waals surface area contributed by atoms with Crippen LogP contribution in [0.25, 0.3) is 22.2 Å². The average molecular weight is 442 g/mol. The average Bonchev–Trinajstić information content (AvgIpc) is 2.67. The van der Waals surface area contributed by atoms with E-state index in [4.69, 9.17) is 39.8 Å². The molecule has 0 aliphatic heterocycles. The molecule has 0 fully saturated rings. The zero-order chi connectivity index (χ0) is 20.5. The standard InChI is InChI=1S/C23H15Cl3N2O/c1-13-5-2-3-6-17(13)21-12-19(18-7-4-8-20(26)22(18)28-21)23(29)27-16-10-14(24)9-15(25)11-16/h2-12H,1H3,(H,27,29). The number of amides is 1. The molecule has 6 heteroatoms. The van der Waals surface area contributed by atoms with Gasteiger partial charge in [-0.05, 0) is 42.8 Å². The van der Waals surface area contributed by atoms with Crippen LogP contribution >= 0.6 is 34.8 Å². The van der Waals surface area contributed by atoms with Gasteiger partial charge in [-0.1, -0.05) is 71.2 Å². The molecule has 0 aliphatic rings. The van der Waals surface area contributed by atoms with Crippen LogP contribution in [0.2, 0.25) is 15.1 Å². The van der Waals surface area contributed by atoms with Crippen LogP contribution in [0.15, 0.2) is 66.7 Å². The molecule has 0 spiro atoms. The van der Waals surface area contributed by atoms with Gasteiger partial charge in [0.25, 0.3) is 5.91 Å². The summed E-state index contributed by atoms with van der Waals surface area (Å²) in [6.07, 6.45) is 0. The van der Waals surface area contributed by atoms with Gasteiger partial charge in [0, 0.05) is 26.7 Å². The molecule has 144 valence electrons. The number of aryl methyl sites for hydroxylation is 1. The molecule has 0 unspecified atom stereocenters. The molecule has 1 N–H and O–H groups in total. The zero-order valence-electron chi connectivity index (χ0n) is 15.3. The summed E-state index contributed by atoms with van der Waals surface area (Å²) in [6.45, 7) is 2.00. The minimum absolute atomic E-state index is 0.298. The van der Waals surface area contributed by atoms with Crippen molar-refractivity contribution < 1.29 is 4.79 Å². The number of nitrogens with one attached hydrogen (secondary N) is 1. The molecule has 0 atom stereocenters. The number of rotatable bonds is 3. The molecule has 29 heavy (non-hydrogen) atoms. The maximum absolute atomic E-state index is 13.2. The number of hydrogen-bond donors (Lipinski definition) is 1. The normalized spacial score (nSPS) is 10.9. The van der Waals surface area contributed by atoms with E-state index < -0.39 is 0 Å². The SMILES string of the molecule is Cc1ccccc1-c1cc(C(=O)Nc2cc(Cl)cc(Cl)c2)c2cccc(Cl)c2n1. The number of carbonyl (C=O) groups excluding carboxylic acids is 1. The van der Waals surface area contributed by atoms with Crippen molar-refractivity contribution in [3.8, 4) is 11.3 Å². The summed E-state index contributed by atoms with van der Waals surface area (Å²) in [6, 6.07) is 19.9. The third-order valence-corrected chi connectivity index (χ3v) is 5.32. The predicted molar refractivity (Wildman–Crippen MR) is 121 cm³/mol. The summed E-state index contributed by atoms with van der Waals surface area (Å²) in [5.74, 6) is -0.298. The lowest BCUT2D eigenvalue weighted by molar-refractivity contribution is 0.102. The molecule has 3 aromatic carbocycles. The highest BCUT2D eigenvalue weighted by Crippen LogP contribution is 2.31. The van der Waals surface area contributed by atoms with Crippen molar-refractivity contribution >= 4 is 57.3 Å². The Hall–Kier alpha value is -2.59. The molecule has 1 amide bonds. The molecule has 0 radical (unpaired) electrons. The molecular weight excluding hydrogens is 427 g/mol. The van der Waals surface area contributed by atoms with Gasteiger partial charge in [-0.15, -0.1) is 0 Å². The Bertz CT molecular complexity index is 1230. The second-order valence-electron chi connectivity index (χ2n) is 6.62. The Morgan fingerprint density at radius 3 is 2.34 bits per heavy atom. The van der Waals surface area contributed by atoms with Crippen LogP contribution in [-0.2, 0) is 0 Å². The van der Waals surface area contributed by atoms with E-state index in [1.807, 2.05) is 37.3 Å². The van der Waals surface area contributed by atoms with E-state index in [-0.39, 0.29) is 5.91 Å². The molecule has 1 aromatic heterocycles. The van der Waals surface area contributed by atoms with Gasteiger partial charge in [-0.3, -0.25) is 4.79 Å². The molecule has 0 bridgehead atoms. The largest absolute Gasteiger partial charge is 0.322 e. The van der Waals surface area contributed by atoms with E-state index in [2.05, 4.69) is 5.32 Å². The van der Waals surface area contributed by atoms with Gasteiger partial charge in [0.1, 0.15) is 0 Å². The van der Waals surface area contributed by atoms with E-state index >= 15 is 0 Å². The lowest BCUT2D eigenvalue weighted by Crippen LogP contribution is -2.13. The van der Waals surface area contributed by atoms with Gasteiger partial charge >= 0.3 is 0 Å². The van der Waals surface area contributed by atoms with Crippen LogP contribution in [0.5, 0.6) is 0 Å². The van der Waals surface area contributed by atoms with E-state index in [1.165, 1.54) is 0 Å². The minimum atomic E-state index is -0.298. The Labute approximate surface area is 183 Å². The molecule has 0 saturated carbocycles. The Kier molecular flexibility index (Phi) is 5.46. The summed E-state index contributed by atoms with van der Waals surface area (Å²) in [5.41, 5.74) is 4.22. The van der Waals surface area contributed by atoms with E-state index in [9.17, 15) is 4.79 Å². The Balaban J connectivity index is 1.87. The monoisotopic (exact) mass is 440 g/mol. The number of pyridine rings is 1. The smallest absolute Gasteiger partial charge is 0.256 e. The van der Waals surface area contributed by atoms with Crippen LogP contribution in [-0.4, -0.2) is 10.9 Å². The van der Waals surface area contributed by atoms with Crippen molar-refractivity contribution in [3.63, 3.8) is 0 Å². The summed E-state index contributed by atoms with van der Waals surface area (Å²) >= 11 is 18.5. The Morgan fingerprint density at radius 1 is 0.897 bits per heavy atom. The first-order chi connectivity index (χ1) is 13.9. The molecule has 0 saturated heterocycles. The van der Waals surface area contributed by atoms with Crippen molar-refractivity contribution in [2.45, 2.75) is 6.92 Å². The van der Waals surface area contributed by atoms with E-state index in [0.717, 1.165) is 11.1 Å².